The number of rotatable bonds is 4. The molecule has 1 heterocycles. The van der Waals surface area contributed by atoms with Gasteiger partial charge in [-0.15, -0.1) is 0 Å². The Labute approximate surface area is 114 Å². The minimum atomic E-state index is -0.583. The van der Waals surface area contributed by atoms with E-state index in [-0.39, 0.29) is 30.2 Å². The van der Waals surface area contributed by atoms with E-state index in [1.807, 2.05) is 0 Å². The third-order valence-corrected chi connectivity index (χ3v) is 2.60. The molecule has 0 radical (unpaired) electrons. The number of carbonyl (C=O) groups excluding carboxylic acids is 1. The molecule has 0 aliphatic heterocycles. The molecule has 1 aromatic carbocycles. The molecule has 2 rings (SSSR count). The summed E-state index contributed by atoms with van der Waals surface area (Å²) >= 11 is 0. The zero-order valence-electron chi connectivity index (χ0n) is 10.9. The Hall–Kier alpha value is -2.50. The number of aromatic nitrogens is 2. The van der Waals surface area contributed by atoms with E-state index in [1.54, 1.807) is 19.1 Å². The predicted octanol–water partition coefficient (Wildman–Crippen LogP) is 1.61. The second-order valence-corrected chi connectivity index (χ2v) is 4.06. The minimum absolute atomic E-state index is 0.0635. The van der Waals surface area contributed by atoms with Crippen molar-refractivity contribution in [3.8, 4) is 0 Å². The van der Waals surface area contributed by atoms with E-state index in [2.05, 4.69) is 5.10 Å². The van der Waals surface area contributed by atoms with Crippen molar-refractivity contribution in [2.75, 3.05) is 6.61 Å². The molecule has 104 valence electrons. The van der Waals surface area contributed by atoms with Crippen LogP contribution in [0.4, 0.5) is 4.39 Å². The first-order chi connectivity index (χ1) is 9.60. The lowest BCUT2D eigenvalue weighted by Gasteiger charge is -2.06. The summed E-state index contributed by atoms with van der Waals surface area (Å²) in [5.74, 6) is -0.935. The van der Waals surface area contributed by atoms with E-state index in [4.69, 9.17) is 4.74 Å². The number of hydrogen-bond donors (Lipinski definition) is 0. The van der Waals surface area contributed by atoms with Crippen LogP contribution in [0.2, 0.25) is 0 Å². The van der Waals surface area contributed by atoms with Gasteiger partial charge in [-0.1, -0.05) is 12.1 Å². The largest absolute Gasteiger partial charge is 0.461 e. The number of ether oxygens (including phenoxy) is 1. The Morgan fingerprint density at radius 3 is 2.60 bits per heavy atom. The number of carbonyl (C=O) groups is 1. The molecule has 0 atom stereocenters. The zero-order chi connectivity index (χ0) is 14.5. The highest BCUT2D eigenvalue weighted by Gasteiger charge is 2.10. The number of halogens is 1. The van der Waals surface area contributed by atoms with E-state index in [0.29, 0.717) is 5.56 Å². The molecule has 0 saturated carbocycles. The average molecular weight is 276 g/mol. The lowest BCUT2D eigenvalue weighted by Crippen LogP contribution is -2.25. The summed E-state index contributed by atoms with van der Waals surface area (Å²) in [7, 11) is 0. The highest BCUT2D eigenvalue weighted by atomic mass is 19.1. The Morgan fingerprint density at radius 1 is 1.25 bits per heavy atom. The maximum Gasteiger partial charge on any atom is 0.358 e. The summed E-state index contributed by atoms with van der Waals surface area (Å²) in [5.41, 5.74) is 0.429. The van der Waals surface area contributed by atoms with E-state index in [0.717, 1.165) is 4.68 Å². The molecule has 1 aromatic heterocycles. The van der Waals surface area contributed by atoms with Gasteiger partial charge in [0.15, 0.2) is 5.69 Å². The average Bonchev–Trinajstić information content (AvgIpc) is 2.44. The molecule has 6 heteroatoms. The topological polar surface area (TPSA) is 61.2 Å². The lowest BCUT2D eigenvalue weighted by atomic mass is 10.2. The van der Waals surface area contributed by atoms with Gasteiger partial charge >= 0.3 is 5.97 Å². The maximum atomic E-state index is 12.8. The molecule has 0 spiro atoms. The summed E-state index contributed by atoms with van der Waals surface area (Å²) in [4.78, 5) is 23.3. The van der Waals surface area contributed by atoms with Crippen LogP contribution in [0.25, 0.3) is 0 Å². The van der Waals surface area contributed by atoms with Crippen LogP contribution < -0.4 is 5.56 Å². The van der Waals surface area contributed by atoms with Crippen LogP contribution in [0.15, 0.2) is 41.2 Å². The maximum absolute atomic E-state index is 12.8. The van der Waals surface area contributed by atoms with Crippen LogP contribution in [0.5, 0.6) is 0 Å². The first-order valence-electron chi connectivity index (χ1n) is 6.10. The second-order valence-electron chi connectivity index (χ2n) is 4.06. The summed E-state index contributed by atoms with van der Waals surface area (Å²) in [6, 6.07) is 8.29. The van der Waals surface area contributed by atoms with Crippen LogP contribution in [0, 0.1) is 5.82 Å². The highest BCUT2D eigenvalue weighted by Crippen LogP contribution is 2.04. The minimum Gasteiger partial charge on any atom is -0.461 e. The van der Waals surface area contributed by atoms with Crippen molar-refractivity contribution in [3.63, 3.8) is 0 Å². The quantitative estimate of drug-likeness (QED) is 0.796. The van der Waals surface area contributed by atoms with Gasteiger partial charge in [-0.05, 0) is 30.7 Å². The summed E-state index contributed by atoms with van der Waals surface area (Å²) < 4.78 is 18.8. The first-order valence-corrected chi connectivity index (χ1v) is 6.10. The molecule has 0 unspecified atom stereocenters. The molecule has 0 aliphatic carbocycles. The van der Waals surface area contributed by atoms with Crippen LogP contribution in [0.1, 0.15) is 23.0 Å². The molecule has 0 bridgehead atoms. The van der Waals surface area contributed by atoms with Crippen molar-refractivity contribution in [1.29, 1.82) is 0 Å². The zero-order valence-corrected chi connectivity index (χ0v) is 10.9. The van der Waals surface area contributed by atoms with Gasteiger partial charge in [-0.2, -0.15) is 5.10 Å². The van der Waals surface area contributed by atoms with E-state index >= 15 is 0 Å². The van der Waals surface area contributed by atoms with E-state index in [9.17, 15) is 14.0 Å². The number of nitrogens with zero attached hydrogens (tertiary/aromatic N) is 2. The number of benzene rings is 1. The monoisotopic (exact) mass is 276 g/mol. The van der Waals surface area contributed by atoms with Crippen LogP contribution in [0.3, 0.4) is 0 Å². The van der Waals surface area contributed by atoms with Gasteiger partial charge in [0, 0.05) is 6.07 Å². The van der Waals surface area contributed by atoms with Crippen LogP contribution in [-0.2, 0) is 11.3 Å². The molecule has 0 aliphatic rings. The van der Waals surface area contributed by atoms with Crippen LogP contribution >= 0.6 is 0 Å². The van der Waals surface area contributed by atoms with Gasteiger partial charge in [-0.25, -0.2) is 13.9 Å². The third-order valence-electron chi connectivity index (χ3n) is 2.60. The second kappa shape index (κ2) is 6.10. The molecule has 0 amide bonds. The smallest absolute Gasteiger partial charge is 0.358 e. The Bertz CT molecular complexity index is 665. The Kier molecular flexibility index (Phi) is 4.24. The normalized spacial score (nSPS) is 10.3. The molecule has 5 nitrogen and oxygen atoms in total. The van der Waals surface area contributed by atoms with E-state index in [1.165, 1.54) is 24.3 Å². The van der Waals surface area contributed by atoms with Gasteiger partial charge in [-0.3, -0.25) is 4.79 Å². The van der Waals surface area contributed by atoms with Crippen molar-refractivity contribution in [2.24, 2.45) is 0 Å². The fourth-order valence-electron chi connectivity index (χ4n) is 1.64. The molecule has 0 N–H and O–H groups in total. The fraction of sp³-hybridized carbons (Fsp3) is 0.214. The van der Waals surface area contributed by atoms with Crippen molar-refractivity contribution < 1.29 is 13.9 Å². The molecular weight excluding hydrogens is 263 g/mol. The molecule has 20 heavy (non-hydrogen) atoms. The van der Waals surface area contributed by atoms with Gasteiger partial charge in [0.05, 0.1) is 13.2 Å². The molecule has 0 saturated heterocycles. The predicted molar refractivity (Wildman–Crippen MR) is 70.0 cm³/mol. The molecule has 2 aromatic rings. The number of hydrogen-bond acceptors (Lipinski definition) is 4. The van der Waals surface area contributed by atoms with Crippen molar-refractivity contribution >= 4 is 5.97 Å². The Morgan fingerprint density at radius 2 is 1.95 bits per heavy atom. The summed E-state index contributed by atoms with van der Waals surface area (Å²) in [6.07, 6.45) is 0. The third kappa shape index (κ3) is 3.28. The summed E-state index contributed by atoms with van der Waals surface area (Å²) in [6.45, 7) is 2.08. The summed E-state index contributed by atoms with van der Waals surface area (Å²) in [5, 5.41) is 3.94. The van der Waals surface area contributed by atoms with Gasteiger partial charge in [0.2, 0.25) is 0 Å². The highest BCUT2D eigenvalue weighted by molar-refractivity contribution is 5.86. The van der Waals surface area contributed by atoms with Gasteiger partial charge < -0.3 is 4.74 Å². The first kappa shape index (κ1) is 13.9. The van der Waals surface area contributed by atoms with Gasteiger partial charge in [0.1, 0.15) is 5.82 Å². The van der Waals surface area contributed by atoms with Crippen molar-refractivity contribution in [2.45, 2.75) is 13.5 Å². The lowest BCUT2D eigenvalue weighted by molar-refractivity contribution is 0.0516. The van der Waals surface area contributed by atoms with Crippen molar-refractivity contribution in [3.05, 3.63) is 63.8 Å². The fourth-order valence-corrected chi connectivity index (χ4v) is 1.64. The standard InChI is InChI=1S/C14H13FN2O3/c1-2-20-14(19)12-7-8-13(18)17(16-12)9-10-3-5-11(15)6-4-10/h3-8H,2,9H2,1H3. The molecule has 0 fully saturated rings. The van der Waals surface area contributed by atoms with E-state index < -0.39 is 5.97 Å². The SMILES string of the molecule is CCOC(=O)c1ccc(=O)n(Cc2ccc(F)cc2)n1. The van der Waals surface area contributed by atoms with Crippen molar-refractivity contribution in [1.82, 2.24) is 9.78 Å². The Balaban J connectivity index is 2.27. The van der Waals surface area contributed by atoms with Crippen LogP contribution in [-0.4, -0.2) is 22.4 Å². The molecular formula is C14H13FN2O3. The van der Waals surface area contributed by atoms with Gasteiger partial charge in [0.25, 0.3) is 5.56 Å². The number of esters is 1.